The lowest BCUT2D eigenvalue weighted by atomic mass is 10.0. The Hall–Kier alpha value is -2.14. The lowest BCUT2D eigenvalue weighted by Gasteiger charge is -2.26. The molecule has 1 aromatic rings. The van der Waals surface area contributed by atoms with Crippen molar-refractivity contribution in [3.8, 4) is 0 Å². The van der Waals surface area contributed by atoms with Crippen LogP contribution in [0.3, 0.4) is 0 Å². The van der Waals surface area contributed by atoms with Gasteiger partial charge in [-0.1, -0.05) is 42.0 Å². The van der Waals surface area contributed by atoms with Crippen LogP contribution in [-0.2, 0) is 16.0 Å². The predicted molar refractivity (Wildman–Crippen MR) is 78.6 cm³/mol. The maximum Gasteiger partial charge on any atom is 0.243 e. The standard InChI is InChI=1S/C16H20N2O3/c19-15(17-21)7-6-14-9-11-18(16(20)12-14)10-8-13-4-2-1-3-5-13/h1-5,9,21H,6-8,10-12H2,(H,17,19). The number of nitrogens with one attached hydrogen (secondary N) is 1. The number of amides is 2. The molecule has 21 heavy (non-hydrogen) atoms. The highest BCUT2D eigenvalue weighted by Gasteiger charge is 2.19. The SMILES string of the molecule is O=C(CCC1=CCN(CCc2ccccc2)C(=O)C1)NO. The van der Waals surface area contributed by atoms with Gasteiger partial charge in [-0.3, -0.25) is 14.8 Å². The quantitative estimate of drug-likeness (QED) is 0.475. The van der Waals surface area contributed by atoms with Crippen LogP contribution < -0.4 is 5.48 Å². The summed E-state index contributed by atoms with van der Waals surface area (Å²) in [6.45, 7) is 1.31. The van der Waals surface area contributed by atoms with Crippen LogP contribution >= 0.6 is 0 Å². The zero-order valence-corrected chi connectivity index (χ0v) is 11.9. The third kappa shape index (κ3) is 4.72. The van der Waals surface area contributed by atoms with E-state index in [9.17, 15) is 9.59 Å². The molecule has 112 valence electrons. The summed E-state index contributed by atoms with van der Waals surface area (Å²) < 4.78 is 0. The van der Waals surface area contributed by atoms with Crippen molar-refractivity contribution in [2.45, 2.75) is 25.7 Å². The Balaban J connectivity index is 1.81. The third-order valence-corrected chi connectivity index (χ3v) is 3.64. The summed E-state index contributed by atoms with van der Waals surface area (Å²) in [4.78, 5) is 24.9. The number of benzene rings is 1. The molecule has 1 aliphatic rings. The summed E-state index contributed by atoms with van der Waals surface area (Å²) in [7, 11) is 0. The first-order chi connectivity index (χ1) is 10.2. The minimum atomic E-state index is -0.421. The molecular weight excluding hydrogens is 268 g/mol. The van der Waals surface area contributed by atoms with Crippen LogP contribution in [0.5, 0.6) is 0 Å². The van der Waals surface area contributed by atoms with E-state index < -0.39 is 5.91 Å². The van der Waals surface area contributed by atoms with E-state index in [1.54, 1.807) is 5.48 Å². The van der Waals surface area contributed by atoms with E-state index in [0.717, 1.165) is 12.0 Å². The molecule has 0 atom stereocenters. The van der Waals surface area contributed by atoms with Gasteiger partial charge in [0.05, 0.1) is 0 Å². The first kappa shape index (κ1) is 15.3. The maximum atomic E-state index is 12.1. The highest BCUT2D eigenvalue weighted by atomic mass is 16.5. The van der Waals surface area contributed by atoms with Crippen LogP contribution in [0.4, 0.5) is 0 Å². The fourth-order valence-electron chi connectivity index (χ4n) is 2.36. The summed E-state index contributed by atoms with van der Waals surface area (Å²) in [5.41, 5.74) is 3.80. The number of hydroxylamine groups is 1. The van der Waals surface area contributed by atoms with Crippen molar-refractivity contribution < 1.29 is 14.8 Å². The van der Waals surface area contributed by atoms with Crippen molar-refractivity contribution in [2.75, 3.05) is 13.1 Å². The molecule has 0 aromatic heterocycles. The van der Waals surface area contributed by atoms with E-state index in [0.29, 0.717) is 25.9 Å². The van der Waals surface area contributed by atoms with Gasteiger partial charge in [-0.05, 0) is 18.4 Å². The molecule has 1 aromatic carbocycles. The van der Waals surface area contributed by atoms with Crippen LogP contribution in [0.2, 0.25) is 0 Å². The fraction of sp³-hybridized carbons (Fsp3) is 0.375. The van der Waals surface area contributed by atoms with E-state index in [1.807, 2.05) is 29.2 Å². The highest BCUT2D eigenvalue weighted by molar-refractivity contribution is 5.81. The number of hydrogen-bond acceptors (Lipinski definition) is 3. The monoisotopic (exact) mass is 288 g/mol. The Kier molecular flexibility index (Phi) is 5.51. The lowest BCUT2D eigenvalue weighted by molar-refractivity contribution is -0.131. The molecule has 0 radical (unpaired) electrons. The van der Waals surface area contributed by atoms with Gasteiger partial charge in [0.15, 0.2) is 0 Å². The number of nitrogens with zero attached hydrogens (tertiary/aromatic N) is 1. The van der Waals surface area contributed by atoms with Crippen LogP contribution in [0.15, 0.2) is 42.0 Å². The number of hydrogen-bond donors (Lipinski definition) is 2. The zero-order valence-electron chi connectivity index (χ0n) is 11.9. The molecule has 2 rings (SSSR count). The van der Waals surface area contributed by atoms with Gasteiger partial charge in [0.25, 0.3) is 0 Å². The van der Waals surface area contributed by atoms with Gasteiger partial charge in [-0.2, -0.15) is 0 Å². The van der Waals surface area contributed by atoms with Gasteiger partial charge in [-0.15, -0.1) is 0 Å². The average Bonchev–Trinajstić information content (AvgIpc) is 2.52. The first-order valence-corrected chi connectivity index (χ1v) is 7.11. The summed E-state index contributed by atoms with van der Waals surface area (Å²) in [6, 6.07) is 10.1. The molecule has 0 unspecified atom stereocenters. The molecule has 0 bridgehead atoms. The van der Waals surface area contributed by atoms with Crippen molar-refractivity contribution >= 4 is 11.8 Å². The van der Waals surface area contributed by atoms with Crippen molar-refractivity contribution in [3.05, 3.63) is 47.5 Å². The molecule has 0 fully saturated rings. The zero-order chi connectivity index (χ0) is 15.1. The first-order valence-electron chi connectivity index (χ1n) is 7.11. The molecule has 0 aliphatic carbocycles. The molecule has 5 heteroatoms. The van der Waals surface area contributed by atoms with E-state index in [-0.39, 0.29) is 12.3 Å². The second-order valence-electron chi connectivity index (χ2n) is 5.15. The molecule has 2 N–H and O–H groups in total. The molecule has 0 spiro atoms. The summed E-state index contributed by atoms with van der Waals surface area (Å²) in [5.74, 6) is -0.317. The van der Waals surface area contributed by atoms with Crippen LogP contribution in [0.25, 0.3) is 0 Å². The second kappa shape index (κ2) is 7.59. The van der Waals surface area contributed by atoms with Gasteiger partial charge in [0.2, 0.25) is 11.8 Å². The van der Waals surface area contributed by atoms with Crippen LogP contribution in [0.1, 0.15) is 24.8 Å². The normalized spacial score (nSPS) is 14.8. The minimum Gasteiger partial charge on any atom is -0.338 e. The van der Waals surface area contributed by atoms with Crippen LogP contribution in [-0.4, -0.2) is 35.0 Å². The Morgan fingerprint density at radius 1 is 1.24 bits per heavy atom. The fourth-order valence-corrected chi connectivity index (χ4v) is 2.36. The van der Waals surface area contributed by atoms with Crippen LogP contribution in [0, 0.1) is 0 Å². The Labute approximate surface area is 124 Å². The van der Waals surface area contributed by atoms with E-state index in [2.05, 4.69) is 12.1 Å². The Morgan fingerprint density at radius 2 is 2.00 bits per heavy atom. The third-order valence-electron chi connectivity index (χ3n) is 3.64. The van der Waals surface area contributed by atoms with Gasteiger partial charge >= 0.3 is 0 Å². The van der Waals surface area contributed by atoms with Gasteiger partial charge in [0, 0.05) is 25.9 Å². The summed E-state index contributed by atoms with van der Waals surface area (Å²) in [5, 5.41) is 8.44. The minimum absolute atomic E-state index is 0.104. The van der Waals surface area contributed by atoms with E-state index >= 15 is 0 Å². The van der Waals surface area contributed by atoms with Gasteiger partial charge in [-0.25, -0.2) is 5.48 Å². The number of rotatable bonds is 6. The molecule has 5 nitrogen and oxygen atoms in total. The number of carbonyl (C=O) groups excluding carboxylic acids is 2. The molecule has 0 saturated heterocycles. The Bertz CT molecular complexity index is 526. The lowest BCUT2D eigenvalue weighted by Crippen LogP contribution is -2.36. The van der Waals surface area contributed by atoms with E-state index in [1.165, 1.54) is 5.56 Å². The molecule has 0 saturated carbocycles. The second-order valence-corrected chi connectivity index (χ2v) is 5.15. The maximum absolute atomic E-state index is 12.1. The van der Waals surface area contributed by atoms with Crippen molar-refractivity contribution in [3.63, 3.8) is 0 Å². The van der Waals surface area contributed by atoms with Crippen molar-refractivity contribution in [2.24, 2.45) is 0 Å². The smallest absolute Gasteiger partial charge is 0.243 e. The largest absolute Gasteiger partial charge is 0.338 e. The average molecular weight is 288 g/mol. The van der Waals surface area contributed by atoms with Crippen molar-refractivity contribution in [1.82, 2.24) is 10.4 Å². The predicted octanol–water partition coefficient (Wildman–Crippen LogP) is 1.67. The molecular formula is C16H20N2O3. The number of carbonyl (C=O) groups is 2. The summed E-state index contributed by atoms with van der Waals surface area (Å²) in [6.07, 6.45) is 3.96. The molecule has 1 heterocycles. The summed E-state index contributed by atoms with van der Waals surface area (Å²) >= 11 is 0. The molecule has 2 amide bonds. The van der Waals surface area contributed by atoms with Gasteiger partial charge < -0.3 is 4.90 Å². The van der Waals surface area contributed by atoms with E-state index in [4.69, 9.17) is 5.21 Å². The Morgan fingerprint density at radius 3 is 2.67 bits per heavy atom. The molecule has 1 aliphatic heterocycles. The van der Waals surface area contributed by atoms with Gasteiger partial charge in [0.1, 0.15) is 0 Å². The topological polar surface area (TPSA) is 69.6 Å². The highest BCUT2D eigenvalue weighted by Crippen LogP contribution is 2.17. The van der Waals surface area contributed by atoms with Crippen molar-refractivity contribution in [1.29, 1.82) is 0 Å².